The highest BCUT2D eigenvalue weighted by molar-refractivity contribution is 6.34. The molecule has 1 aliphatic rings. The summed E-state index contributed by atoms with van der Waals surface area (Å²) in [5.41, 5.74) is 1.75. The largest absolute Gasteiger partial charge is 0.494 e. The van der Waals surface area contributed by atoms with Gasteiger partial charge in [-0.25, -0.2) is 0 Å². The number of rotatable bonds is 10. The summed E-state index contributed by atoms with van der Waals surface area (Å²) in [7, 11) is 0. The van der Waals surface area contributed by atoms with Crippen molar-refractivity contribution in [2.75, 3.05) is 23.8 Å². The Hall–Kier alpha value is -2.73. The van der Waals surface area contributed by atoms with E-state index in [1.807, 2.05) is 24.3 Å². The highest BCUT2D eigenvalue weighted by Crippen LogP contribution is 2.23. The predicted octanol–water partition coefficient (Wildman–Crippen LogP) is 5.88. The van der Waals surface area contributed by atoms with Gasteiger partial charge in [-0.1, -0.05) is 50.8 Å². The molecule has 33 heavy (non-hydrogen) atoms. The highest BCUT2D eigenvalue weighted by Gasteiger charge is 2.18. The first kappa shape index (κ1) is 24.9. The molecule has 7 heteroatoms. The molecule has 3 rings (SSSR count). The van der Waals surface area contributed by atoms with Crippen molar-refractivity contribution in [1.82, 2.24) is 5.32 Å². The number of hydrogen-bond donors (Lipinski definition) is 3. The Morgan fingerprint density at radius 1 is 1.06 bits per heavy atom. The molecule has 3 N–H and O–H groups in total. The van der Waals surface area contributed by atoms with Crippen molar-refractivity contribution in [3.8, 4) is 5.75 Å². The molecule has 0 radical (unpaired) electrons. The summed E-state index contributed by atoms with van der Waals surface area (Å²) in [4.78, 5) is 25.1. The lowest BCUT2D eigenvalue weighted by Gasteiger charge is -2.23. The van der Waals surface area contributed by atoms with Gasteiger partial charge in [-0.3, -0.25) is 9.59 Å². The van der Waals surface area contributed by atoms with Crippen LogP contribution in [0.15, 0.2) is 42.5 Å². The predicted molar refractivity (Wildman–Crippen MR) is 134 cm³/mol. The molecule has 2 amide bonds. The van der Waals surface area contributed by atoms with Crippen molar-refractivity contribution < 1.29 is 14.3 Å². The second-order valence-corrected chi connectivity index (χ2v) is 9.37. The zero-order valence-corrected chi connectivity index (χ0v) is 20.2. The minimum absolute atomic E-state index is 0.0593. The Bertz CT molecular complexity index is 942. The zero-order valence-electron chi connectivity index (χ0n) is 19.5. The lowest BCUT2D eigenvalue weighted by Crippen LogP contribution is -2.36. The van der Waals surface area contributed by atoms with Gasteiger partial charge in [0.25, 0.3) is 5.91 Å². The number of ether oxygens (including phenoxy) is 1. The average Bonchev–Trinajstić information content (AvgIpc) is 2.79. The van der Waals surface area contributed by atoms with Gasteiger partial charge in [-0.05, 0) is 55.5 Å². The molecular formula is C26H34ClN3O3. The second kappa shape index (κ2) is 12.5. The van der Waals surface area contributed by atoms with Gasteiger partial charge in [-0.15, -0.1) is 0 Å². The number of carbonyl (C=O) groups is 2. The summed E-state index contributed by atoms with van der Waals surface area (Å²) >= 11 is 6.27. The van der Waals surface area contributed by atoms with E-state index in [1.54, 1.807) is 18.2 Å². The SMILES string of the molecule is CC(C)CCOc1cccc(NC(=O)CNc2ccc(Cl)c(C(=O)NC3CCCCC3)c2)c1. The van der Waals surface area contributed by atoms with E-state index in [9.17, 15) is 9.59 Å². The molecule has 0 aliphatic heterocycles. The maximum atomic E-state index is 12.7. The van der Waals surface area contributed by atoms with Crippen LogP contribution in [0.5, 0.6) is 5.75 Å². The van der Waals surface area contributed by atoms with Crippen LogP contribution >= 0.6 is 11.6 Å². The molecule has 0 unspecified atom stereocenters. The van der Waals surface area contributed by atoms with Crippen molar-refractivity contribution in [2.45, 2.75) is 58.4 Å². The lowest BCUT2D eigenvalue weighted by molar-refractivity contribution is -0.114. The smallest absolute Gasteiger partial charge is 0.253 e. The van der Waals surface area contributed by atoms with Crippen molar-refractivity contribution in [1.29, 1.82) is 0 Å². The Morgan fingerprint density at radius 3 is 2.61 bits per heavy atom. The summed E-state index contributed by atoms with van der Waals surface area (Å²) in [5.74, 6) is 0.935. The maximum absolute atomic E-state index is 12.7. The number of halogens is 1. The van der Waals surface area contributed by atoms with E-state index in [0.717, 1.165) is 37.9 Å². The van der Waals surface area contributed by atoms with Crippen LogP contribution in [0.25, 0.3) is 0 Å². The number of amides is 2. The molecule has 0 aromatic heterocycles. The van der Waals surface area contributed by atoms with Crippen LogP contribution in [0.4, 0.5) is 11.4 Å². The van der Waals surface area contributed by atoms with Crippen LogP contribution in [0, 0.1) is 5.92 Å². The van der Waals surface area contributed by atoms with Crippen molar-refractivity contribution >= 4 is 34.8 Å². The first-order chi connectivity index (χ1) is 15.9. The van der Waals surface area contributed by atoms with E-state index in [0.29, 0.717) is 34.5 Å². The summed E-state index contributed by atoms with van der Waals surface area (Å²) in [6, 6.07) is 12.7. The van der Waals surface area contributed by atoms with Gasteiger partial charge >= 0.3 is 0 Å². The number of benzene rings is 2. The highest BCUT2D eigenvalue weighted by atomic mass is 35.5. The van der Waals surface area contributed by atoms with E-state index < -0.39 is 0 Å². The summed E-state index contributed by atoms with van der Waals surface area (Å²) in [6.07, 6.45) is 6.49. The van der Waals surface area contributed by atoms with Gasteiger partial charge in [0.2, 0.25) is 5.91 Å². The minimum atomic E-state index is -0.197. The third-order valence-electron chi connectivity index (χ3n) is 5.69. The standard InChI is InChI=1S/C26H34ClN3O3/c1-18(2)13-14-33-22-10-6-9-21(15-22)29-25(31)17-28-20-11-12-24(27)23(16-20)26(32)30-19-7-4-3-5-8-19/h6,9-12,15-16,18-19,28H,3-5,7-8,13-14,17H2,1-2H3,(H,29,31)(H,30,32). The molecule has 2 aromatic carbocycles. The molecule has 2 aromatic rings. The molecule has 0 saturated heterocycles. The Kier molecular flexibility index (Phi) is 9.43. The average molecular weight is 472 g/mol. The van der Waals surface area contributed by atoms with E-state index in [4.69, 9.17) is 16.3 Å². The van der Waals surface area contributed by atoms with Crippen LogP contribution in [-0.2, 0) is 4.79 Å². The van der Waals surface area contributed by atoms with Crippen molar-refractivity contribution in [2.24, 2.45) is 5.92 Å². The maximum Gasteiger partial charge on any atom is 0.253 e. The molecule has 0 heterocycles. The van der Waals surface area contributed by atoms with E-state index in [1.165, 1.54) is 6.42 Å². The van der Waals surface area contributed by atoms with Crippen LogP contribution in [0.2, 0.25) is 5.02 Å². The van der Waals surface area contributed by atoms with Gasteiger partial charge in [0.15, 0.2) is 0 Å². The van der Waals surface area contributed by atoms with Crippen molar-refractivity contribution in [3.63, 3.8) is 0 Å². The fourth-order valence-electron chi connectivity index (χ4n) is 3.78. The fourth-order valence-corrected chi connectivity index (χ4v) is 3.99. The molecule has 0 spiro atoms. The Balaban J connectivity index is 1.51. The molecule has 6 nitrogen and oxygen atoms in total. The van der Waals surface area contributed by atoms with Crippen LogP contribution in [0.1, 0.15) is 62.7 Å². The van der Waals surface area contributed by atoms with E-state index >= 15 is 0 Å². The first-order valence-electron chi connectivity index (χ1n) is 11.8. The molecule has 1 fully saturated rings. The molecule has 1 aliphatic carbocycles. The first-order valence-corrected chi connectivity index (χ1v) is 12.2. The molecule has 0 bridgehead atoms. The van der Waals surface area contributed by atoms with Crippen LogP contribution < -0.4 is 20.7 Å². The third kappa shape index (κ3) is 8.28. The Labute approximate surface area is 201 Å². The normalized spacial score (nSPS) is 14.1. The summed E-state index contributed by atoms with van der Waals surface area (Å²) in [6.45, 7) is 5.01. The van der Waals surface area contributed by atoms with Crippen molar-refractivity contribution in [3.05, 3.63) is 53.1 Å². The van der Waals surface area contributed by atoms with Gasteiger partial charge in [-0.2, -0.15) is 0 Å². The van der Waals surface area contributed by atoms with Gasteiger partial charge in [0, 0.05) is 23.5 Å². The fraction of sp³-hybridized carbons (Fsp3) is 0.462. The molecule has 0 atom stereocenters. The lowest BCUT2D eigenvalue weighted by atomic mass is 9.95. The number of hydrogen-bond acceptors (Lipinski definition) is 4. The van der Waals surface area contributed by atoms with Crippen LogP contribution in [-0.4, -0.2) is 31.0 Å². The quantitative estimate of drug-likeness (QED) is 0.404. The molecule has 1 saturated carbocycles. The number of nitrogens with one attached hydrogen (secondary N) is 3. The Morgan fingerprint density at radius 2 is 1.85 bits per heavy atom. The molecule has 178 valence electrons. The van der Waals surface area contributed by atoms with Gasteiger partial charge in [0.1, 0.15) is 5.75 Å². The third-order valence-corrected chi connectivity index (χ3v) is 6.02. The second-order valence-electron chi connectivity index (χ2n) is 8.96. The van der Waals surface area contributed by atoms with Gasteiger partial charge in [0.05, 0.1) is 23.7 Å². The molecular weight excluding hydrogens is 438 g/mol. The number of anilines is 2. The van der Waals surface area contributed by atoms with Gasteiger partial charge < -0.3 is 20.7 Å². The van der Waals surface area contributed by atoms with E-state index in [-0.39, 0.29) is 24.4 Å². The minimum Gasteiger partial charge on any atom is -0.494 e. The topological polar surface area (TPSA) is 79.5 Å². The summed E-state index contributed by atoms with van der Waals surface area (Å²) in [5, 5.41) is 9.42. The zero-order chi connectivity index (χ0) is 23.6. The van der Waals surface area contributed by atoms with Crippen LogP contribution in [0.3, 0.4) is 0 Å². The number of carbonyl (C=O) groups excluding carboxylic acids is 2. The van der Waals surface area contributed by atoms with E-state index in [2.05, 4.69) is 29.8 Å². The summed E-state index contributed by atoms with van der Waals surface area (Å²) < 4.78 is 5.75. The monoisotopic (exact) mass is 471 g/mol.